The van der Waals surface area contributed by atoms with E-state index in [1.54, 1.807) is 21.0 Å². The molecule has 7 rings (SSSR count). The molecule has 10 atom stereocenters. The molecule has 5 aliphatic carbocycles. The van der Waals surface area contributed by atoms with E-state index in [1.165, 1.54) is 5.57 Å². The van der Waals surface area contributed by atoms with Crippen LogP contribution in [0.15, 0.2) is 60.2 Å². The van der Waals surface area contributed by atoms with E-state index in [9.17, 15) is 24.1 Å². The number of aliphatic hydroxyl groups is 1. The van der Waals surface area contributed by atoms with Crippen molar-refractivity contribution in [1.82, 2.24) is 10.6 Å². The molecule has 2 amide bonds. The Hall–Kier alpha value is -3.50. The summed E-state index contributed by atoms with van der Waals surface area (Å²) in [7, 11) is -2.05. The fraction of sp³-hybridized carbons (Fsp3) is 0.679. The Bertz CT molecular complexity index is 2170. The Morgan fingerprint density at radius 3 is 2.22 bits per heavy atom. The molecule has 4 saturated carbocycles. The van der Waals surface area contributed by atoms with Crippen LogP contribution in [0.5, 0.6) is 5.75 Å². The van der Waals surface area contributed by atoms with Gasteiger partial charge in [0, 0.05) is 30.1 Å². The summed E-state index contributed by atoms with van der Waals surface area (Å²) in [5, 5.41) is 20.7. The summed E-state index contributed by atoms with van der Waals surface area (Å²) in [4.78, 5) is 41.8. The maximum atomic E-state index is 14.7. The minimum atomic E-state index is -3.63. The third-order valence-electron chi connectivity index (χ3n) is 18.0. The number of benzene rings is 2. The van der Waals surface area contributed by atoms with Gasteiger partial charge in [0.05, 0.1) is 32.8 Å². The average molecular weight is 916 g/mol. The van der Waals surface area contributed by atoms with Crippen LogP contribution in [0.3, 0.4) is 0 Å². The highest BCUT2D eigenvalue weighted by atomic mass is 31.2. The number of methoxy groups -OCH3 is 1. The van der Waals surface area contributed by atoms with Gasteiger partial charge in [0.25, 0.3) is 0 Å². The summed E-state index contributed by atoms with van der Waals surface area (Å²) in [5.41, 5.74) is 2.31. The number of carbonyl (C=O) groups is 3. The van der Waals surface area contributed by atoms with E-state index < -0.39 is 18.8 Å². The number of allylic oxidation sites excluding steroid dienone is 2. The van der Waals surface area contributed by atoms with Crippen molar-refractivity contribution in [1.29, 1.82) is 0 Å². The van der Waals surface area contributed by atoms with Crippen molar-refractivity contribution < 1.29 is 37.8 Å². The molecule has 358 valence electrons. The first-order chi connectivity index (χ1) is 30.6. The van der Waals surface area contributed by atoms with Crippen LogP contribution in [-0.4, -0.2) is 62.2 Å². The first-order valence-electron chi connectivity index (χ1n) is 24.5. The molecule has 2 aromatic carbocycles. The summed E-state index contributed by atoms with van der Waals surface area (Å²) in [6, 6.07) is 14.8. The Morgan fingerprint density at radius 1 is 0.862 bits per heavy atom. The van der Waals surface area contributed by atoms with E-state index in [0.29, 0.717) is 42.4 Å². The number of aliphatic hydroxyl groups excluding tert-OH is 1. The first-order valence-corrected chi connectivity index (χ1v) is 26.1. The molecule has 0 heterocycles. The summed E-state index contributed by atoms with van der Waals surface area (Å²) >= 11 is 0. The third-order valence-corrected chi connectivity index (χ3v) is 20.3. The Labute approximate surface area is 388 Å². The number of ether oxygens (including phenoxy) is 1. The highest BCUT2D eigenvalue weighted by Gasteiger charge is 2.70. The molecule has 4 fully saturated rings. The Morgan fingerprint density at radius 2 is 1.54 bits per heavy atom. The van der Waals surface area contributed by atoms with Crippen LogP contribution < -0.4 is 20.7 Å². The molecular formula is C53H78N3O8P. The molecule has 5 aliphatic rings. The van der Waals surface area contributed by atoms with E-state index in [0.717, 1.165) is 63.4 Å². The van der Waals surface area contributed by atoms with Gasteiger partial charge in [-0.1, -0.05) is 78.3 Å². The van der Waals surface area contributed by atoms with Crippen LogP contribution >= 0.6 is 7.60 Å². The zero-order valence-electron chi connectivity index (χ0n) is 40.9. The van der Waals surface area contributed by atoms with Gasteiger partial charge in [0.1, 0.15) is 5.75 Å². The molecule has 0 aromatic heterocycles. The maximum absolute atomic E-state index is 14.7. The van der Waals surface area contributed by atoms with Gasteiger partial charge in [-0.2, -0.15) is 0 Å². The number of carbonyl (C=O) groups excluding carboxylic acids is 3. The Kier molecular flexibility index (Phi) is 14.1. The van der Waals surface area contributed by atoms with Crippen molar-refractivity contribution in [3.05, 3.63) is 71.3 Å². The number of fused-ring (bicyclic) bond motifs is 7. The Balaban J connectivity index is 0.934. The van der Waals surface area contributed by atoms with Gasteiger partial charge < -0.3 is 34.8 Å². The monoisotopic (exact) mass is 916 g/mol. The fourth-order valence-corrected chi connectivity index (χ4v) is 15.9. The average Bonchev–Trinajstić information content (AvgIpc) is 3.26. The van der Waals surface area contributed by atoms with Crippen LogP contribution in [0.4, 0.5) is 5.69 Å². The highest BCUT2D eigenvalue weighted by Crippen LogP contribution is 2.75. The van der Waals surface area contributed by atoms with Crippen molar-refractivity contribution in [3.63, 3.8) is 0 Å². The molecular weight excluding hydrogens is 838 g/mol. The molecule has 1 unspecified atom stereocenters. The normalized spacial score (nSPS) is 34.4. The second-order valence-corrected chi connectivity index (χ2v) is 24.3. The number of hydrogen-bond acceptors (Lipinski definition) is 9. The minimum Gasteiger partial charge on any atom is -0.497 e. The summed E-state index contributed by atoms with van der Waals surface area (Å²) in [6.45, 7) is 21.1. The third kappa shape index (κ3) is 8.90. The van der Waals surface area contributed by atoms with Crippen molar-refractivity contribution in [2.24, 2.45) is 50.2 Å². The SMILES string of the molecule is CCOP(=O)(OCC)C(Nc1ccc(CC(=O)NCCCNC(=O)[C@@]2(C)CC[C@]3(C)CC[C@]4(C)C(=CC(=O)[C@@H]5[C@@]6(C)CC[C@H](O)C(C)(C)[C@@H]6CC[C@]54C)[C@@H]3C2)cc1)c1cccc(OC)c1. The van der Waals surface area contributed by atoms with E-state index >= 15 is 0 Å². The number of nitrogens with one attached hydrogen (secondary N) is 3. The lowest BCUT2D eigenvalue weighted by Gasteiger charge is -2.70. The van der Waals surface area contributed by atoms with Crippen molar-refractivity contribution in [3.8, 4) is 5.75 Å². The molecule has 0 saturated heterocycles. The second kappa shape index (κ2) is 18.5. The number of hydrogen-bond donors (Lipinski definition) is 4. The smallest absolute Gasteiger partial charge is 0.357 e. The zero-order chi connectivity index (χ0) is 47.2. The first kappa shape index (κ1) is 49.4. The lowest BCUT2D eigenvalue weighted by Crippen LogP contribution is -2.66. The van der Waals surface area contributed by atoms with Crippen LogP contribution in [0.2, 0.25) is 0 Å². The molecule has 0 aliphatic heterocycles. The topological polar surface area (TPSA) is 152 Å². The lowest BCUT2D eigenvalue weighted by molar-refractivity contribution is -0.202. The number of anilines is 1. The van der Waals surface area contributed by atoms with Gasteiger partial charge in [-0.05, 0) is 158 Å². The summed E-state index contributed by atoms with van der Waals surface area (Å²) in [5.74, 6) is 0.448. The molecule has 4 N–H and O–H groups in total. The predicted octanol–water partition coefficient (Wildman–Crippen LogP) is 10.6. The zero-order valence-corrected chi connectivity index (χ0v) is 41.8. The molecule has 2 aromatic rings. The molecule has 12 heteroatoms. The number of rotatable bonds is 16. The molecule has 65 heavy (non-hydrogen) atoms. The number of ketones is 1. The van der Waals surface area contributed by atoms with Gasteiger partial charge in [-0.25, -0.2) is 0 Å². The molecule has 0 spiro atoms. The van der Waals surface area contributed by atoms with Crippen molar-refractivity contribution >= 4 is 30.9 Å². The summed E-state index contributed by atoms with van der Waals surface area (Å²) < 4.78 is 30.9. The molecule has 0 bridgehead atoms. The maximum Gasteiger partial charge on any atom is 0.357 e. The van der Waals surface area contributed by atoms with Crippen LogP contribution in [0.1, 0.15) is 143 Å². The van der Waals surface area contributed by atoms with Crippen LogP contribution in [0.25, 0.3) is 0 Å². The van der Waals surface area contributed by atoms with Crippen LogP contribution in [-0.2, 0) is 34.4 Å². The fourth-order valence-electron chi connectivity index (χ4n) is 13.9. The van der Waals surface area contributed by atoms with Gasteiger partial charge in [-0.15, -0.1) is 0 Å². The van der Waals surface area contributed by atoms with Gasteiger partial charge in [-0.3, -0.25) is 18.9 Å². The lowest BCUT2D eigenvalue weighted by atomic mass is 9.33. The van der Waals surface area contributed by atoms with Gasteiger partial charge in [0.15, 0.2) is 11.6 Å². The largest absolute Gasteiger partial charge is 0.497 e. The quantitative estimate of drug-likeness (QED) is 0.0952. The summed E-state index contributed by atoms with van der Waals surface area (Å²) in [6.07, 6.45) is 10.8. The standard InChI is InChI=1S/C53H78N3O8P/c1-11-63-65(61,64-12-2)46(36-15-13-16-38(32-36)62-10)56-37-19-17-35(18-20-37)31-44(59)54-29-14-30-55-47(60)50(6)26-25-49(5)27-28-52(8)39(40(49)34-50)33-41(57)45-51(7)23-22-43(58)48(3,4)42(51)21-24-53(45,52)9/h13,15-20,32-33,40,42-43,45-46,56,58H,11-12,14,21-31,34H2,1-10H3,(H,54,59)(H,55,60)/t40-,42-,43-,45+,46?,49+,50-,51-,52+,53+/m0/s1. The van der Waals surface area contributed by atoms with E-state index in [4.69, 9.17) is 13.8 Å². The molecule has 11 nitrogen and oxygen atoms in total. The van der Waals surface area contributed by atoms with Gasteiger partial charge in [0.2, 0.25) is 11.8 Å². The predicted molar refractivity (Wildman–Crippen MR) is 256 cm³/mol. The highest BCUT2D eigenvalue weighted by molar-refractivity contribution is 7.54. The van der Waals surface area contributed by atoms with E-state index in [2.05, 4.69) is 70.5 Å². The van der Waals surface area contributed by atoms with Gasteiger partial charge >= 0.3 is 7.60 Å². The second-order valence-electron chi connectivity index (χ2n) is 22.2. The minimum absolute atomic E-state index is 0.0459. The van der Waals surface area contributed by atoms with E-state index in [1.807, 2.05) is 48.5 Å². The van der Waals surface area contributed by atoms with E-state index in [-0.39, 0.29) is 82.2 Å². The van der Waals surface area contributed by atoms with Crippen LogP contribution in [0, 0.1) is 50.2 Å². The molecule has 0 radical (unpaired) electrons. The number of amides is 2. The van der Waals surface area contributed by atoms with Crippen molar-refractivity contribution in [2.75, 3.05) is 38.7 Å². The van der Waals surface area contributed by atoms with Crippen molar-refractivity contribution in [2.45, 2.75) is 145 Å².